The lowest BCUT2D eigenvalue weighted by molar-refractivity contribution is 0.0756. The van der Waals surface area contributed by atoms with Gasteiger partial charge in [-0.25, -0.2) is 0 Å². The largest absolute Gasteiger partial charge is 0.326 e. The predicted octanol–water partition coefficient (Wildman–Crippen LogP) is 4.65. The first-order valence-electron chi connectivity index (χ1n) is 7.28. The van der Waals surface area contributed by atoms with Crippen LogP contribution < -0.4 is 5.73 Å². The number of nitrogens with two attached hydrogens (primary N) is 1. The third kappa shape index (κ3) is 3.30. The van der Waals surface area contributed by atoms with E-state index in [4.69, 9.17) is 28.9 Å². The fourth-order valence-electron chi connectivity index (χ4n) is 3.09. The van der Waals surface area contributed by atoms with Crippen molar-refractivity contribution in [3.63, 3.8) is 0 Å². The Kier molecular flexibility index (Phi) is 5.01. The Balaban J connectivity index is 2.48. The average molecular weight is 315 g/mol. The average Bonchev–Trinajstić information content (AvgIpc) is 2.54. The summed E-state index contributed by atoms with van der Waals surface area (Å²) in [5.41, 5.74) is 7.59. The maximum absolute atomic E-state index is 6.47. The second-order valence-corrected chi connectivity index (χ2v) is 7.40. The number of nitrogens with zero attached hydrogens (tertiary/aromatic N) is 1. The molecule has 1 aromatic rings. The Morgan fingerprint density at radius 2 is 1.90 bits per heavy atom. The first-order valence-corrected chi connectivity index (χ1v) is 8.04. The number of hydrogen-bond donors (Lipinski definition) is 1. The van der Waals surface area contributed by atoms with Gasteiger partial charge in [-0.2, -0.15) is 0 Å². The van der Waals surface area contributed by atoms with Gasteiger partial charge in [0.15, 0.2) is 0 Å². The molecule has 2 atom stereocenters. The molecule has 1 fully saturated rings. The molecule has 2 unspecified atom stereocenters. The highest BCUT2D eigenvalue weighted by atomic mass is 35.5. The standard InChI is InChI=1S/C16H24Cl2N2/c1-16(2,3)20-10-5-4-9-13(19)15(20)11-7-6-8-12(17)14(11)18/h6-8,13,15H,4-5,9-10,19H2,1-3H3. The molecule has 1 heterocycles. The van der Waals surface area contributed by atoms with Crippen molar-refractivity contribution in [2.75, 3.05) is 6.54 Å². The molecule has 112 valence electrons. The van der Waals surface area contributed by atoms with Crippen LogP contribution in [0.15, 0.2) is 18.2 Å². The van der Waals surface area contributed by atoms with Gasteiger partial charge in [-0.15, -0.1) is 0 Å². The molecule has 4 heteroatoms. The van der Waals surface area contributed by atoms with Crippen LogP contribution >= 0.6 is 23.2 Å². The molecular weight excluding hydrogens is 291 g/mol. The van der Waals surface area contributed by atoms with Crippen molar-refractivity contribution in [2.45, 2.75) is 57.7 Å². The van der Waals surface area contributed by atoms with E-state index in [2.05, 4.69) is 31.7 Å². The molecule has 2 rings (SSSR count). The highest BCUT2D eigenvalue weighted by Crippen LogP contribution is 2.39. The molecule has 0 bridgehead atoms. The number of halogens is 2. The van der Waals surface area contributed by atoms with Gasteiger partial charge in [0.1, 0.15) is 0 Å². The fourth-order valence-corrected chi connectivity index (χ4v) is 3.51. The normalized spacial score (nSPS) is 25.5. The Bertz CT molecular complexity index is 468. The smallest absolute Gasteiger partial charge is 0.0640 e. The first kappa shape index (κ1) is 16.1. The zero-order valence-electron chi connectivity index (χ0n) is 12.5. The van der Waals surface area contributed by atoms with E-state index in [-0.39, 0.29) is 17.6 Å². The first-order chi connectivity index (χ1) is 9.32. The summed E-state index contributed by atoms with van der Waals surface area (Å²) in [6.45, 7) is 7.74. The molecule has 0 aliphatic carbocycles. The van der Waals surface area contributed by atoms with Gasteiger partial charge in [0.25, 0.3) is 0 Å². The van der Waals surface area contributed by atoms with Crippen LogP contribution in [-0.2, 0) is 0 Å². The Morgan fingerprint density at radius 3 is 2.55 bits per heavy atom. The van der Waals surface area contributed by atoms with Gasteiger partial charge in [-0.1, -0.05) is 41.8 Å². The summed E-state index contributed by atoms with van der Waals surface area (Å²) in [6.07, 6.45) is 3.38. The Hall–Kier alpha value is -0.280. The monoisotopic (exact) mass is 314 g/mol. The van der Waals surface area contributed by atoms with Gasteiger partial charge in [-0.05, 0) is 51.8 Å². The van der Waals surface area contributed by atoms with Crippen molar-refractivity contribution in [3.8, 4) is 0 Å². The Labute approximate surface area is 132 Å². The van der Waals surface area contributed by atoms with E-state index in [0.29, 0.717) is 10.0 Å². The third-order valence-electron chi connectivity index (χ3n) is 4.09. The van der Waals surface area contributed by atoms with Crippen LogP contribution in [-0.4, -0.2) is 23.0 Å². The van der Waals surface area contributed by atoms with Crippen LogP contribution in [0.5, 0.6) is 0 Å². The van der Waals surface area contributed by atoms with E-state index in [0.717, 1.165) is 18.5 Å². The summed E-state index contributed by atoms with van der Waals surface area (Å²) in [4.78, 5) is 2.47. The van der Waals surface area contributed by atoms with E-state index in [1.165, 1.54) is 12.8 Å². The van der Waals surface area contributed by atoms with E-state index < -0.39 is 0 Å². The molecule has 1 aromatic carbocycles. The SMILES string of the molecule is CC(C)(C)N1CCCCC(N)C1c1cccc(Cl)c1Cl. The summed E-state index contributed by atoms with van der Waals surface area (Å²) >= 11 is 12.6. The number of benzene rings is 1. The van der Waals surface area contributed by atoms with Crippen molar-refractivity contribution in [3.05, 3.63) is 33.8 Å². The van der Waals surface area contributed by atoms with E-state index >= 15 is 0 Å². The molecule has 0 spiro atoms. The third-order valence-corrected chi connectivity index (χ3v) is 4.92. The van der Waals surface area contributed by atoms with E-state index in [1.807, 2.05) is 12.1 Å². The Morgan fingerprint density at radius 1 is 1.20 bits per heavy atom. The van der Waals surface area contributed by atoms with Gasteiger partial charge < -0.3 is 5.73 Å². The number of likely N-dealkylation sites (tertiary alicyclic amines) is 1. The van der Waals surface area contributed by atoms with E-state index in [9.17, 15) is 0 Å². The quantitative estimate of drug-likeness (QED) is 0.817. The second-order valence-electron chi connectivity index (χ2n) is 6.61. The van der Waals surface area contributed by atoms with Gasteiger partial charge in [0, 0.05) is 11.6 Å². The molecule has 2 N–H and O–H groups in total. The summed E-state index contributed by atoms with van der Waals surface area (Å²) in [6, 6.07) is 6.07. The van der Waals surface area contributed by atoms with Gasteiger partial charge >= 0.3 is 0 Å². The minimum absolute atomic E-state index is 0.0538. The van der Waals surface area contributed by atoms with Crippen molar-refractivity contribution >= 4 is 23.2 Å². The lowest BCUT2D eigenvalue weighted by Gasteiger charge is -2.43. The van der Waals surface area contributed by atoms with Crippen LogP contribution in [0.3, 0.4) is 0 Å². The molecule has 1 saturated heterocycles. The van der Waals surface area contributed by atoms with Crippen molar-refractivity contribution in [1.29, 1.82) is 0 Å². The van der Waals surface area contributed by atoms with Crippen LogP contribution in [0.25, 0.3) is 0 Å². The van der Waals surface area contributed by atoms with Crippen LogP contribution in [0, 0.1) is 0 Å². The van der Waals surface area contributed by atoms with Gasteiger partial charge in [0.05, 0.1) is 16.1 Å². The van der Waals surface area contributed by atoms with Crippen molar-refractivity contribution in [2.24, 2.45) is 5.73 Å². The van der Waals surface area contributed by atoms with Crippen LogP contribution in [0.2, 0.25) is 10.0 Å². The summed E-state index contributed by atoms with van der Waals surface area (Å²) in [7, 11) is 0. The molecule has 0 radical (unpaired) electrons. The number of hydrogen-bond acceptors (Lipinski definition) is 2. The van der Waals surface area contributed by atoms with Crippen molar-refractivity contribution < 1.29 is 0 Å². The fraction of sp³-hybridized carbons (Fsp3) is 0.625. The lowest BCUT2D eigenvalue weighted by Crippen LogP contribution is -2.49. The highest BCUT2D eigenvalue weighted by Gasteiger charge is 2.36. The van der Waals surface area contributed by atoms with Crippen LogP contribution in [0.4, 0.5) is 0 Å². The summed E-state index contributed by atoms with van der Waals surface area (Å²) in [5.74, 6) is 0. The molecule has 2 nitrogen and oxygen atoms in total. The zero-order chi connectivity index (χ0) is 14.9. The second kappa shape index (κ2) is 6.23. The topological polar surface area (TPSA) is 29.3 Å². The van der Waals surface area contributed by atoms with Crippen molar-refractivity contribution in [1.82, 2.24) is 4.90 Å². The summed E-state index contributed by atoms with van der Waals surface area (Å²) in [5, 5.41) is 1.25. The molecule has 0 saturated carbocycles. The molecule has 20 heavy (non-hydrogen) atoms. The molecular formula is C16H24Cl2N2. The minimum atomic E-state index is 0.0538. The van der Waals surface area contributed by atoms with Gasteiger partial charge in [-0.3, -0.25) is 4.90 Å². The molecule has 1 aliphatic rings. The van der Waals surface area contributed by atoms with E-state index in [1.54, 1.807) is 0 Å². The number of rotatable bonds is 1. The summed E-state index contributed by atoms with van der Waals surface area (Å²) < 4.78 is 0. The zero-order valence-corrected chi connectivity index (χ0v) is 14.0. The minimum Gasteiger partial charge on any atom is -0.326 e. The van der Waals surface area contributed by atoms with Gasteiger partial charge in [0.2, 0.25) is 0 Å². The molecule has 0 aromatic heterocycles. The lowest BCUT2D eigenvalue weighted by atomic mass is 9.92. The van der Waals surface area contributed by atoms with Crippen LogP contribution in [0.1, 0.15) is 51.6 Å². The predicted molar refractivity (Wildman–Crippen MR) is 87.5 cm³/mol. The molecule has 1 aliphatic heterocycles. The maximum Gasteiger partial charge on any atom is 0.0640 e. The molecule has 0 amide bonds. The highest BCUT2D eigenvalue weighted by molar-refractivity contribution is 6.42. The maximum atomic E-state index is 6.47.